The van der Waals surface area contributed by atoms with Gasteiger partial charge < -0.3 is 9.47 Å². The second kappa shape index (κ2) is 10.2. The van der Waals surface area contributed by atoms with E-state index in [1.54, 1.807) is 68.6 Å². The largest absolute Gasteiger partial charge is 0.497 e. The van der Waals surface area contributed by atoms with Crippen LogP contribution in [-0.2, 0) is 20.0 Å². The number of rotatable bonds is 9. The molecule has 0 radical (unpaired) electrons. The molecule has 0 saturated heterocycles. The first-order valence-corrected chi connectivity index (χ1v) is 14.3. The summed E-state index contributed by atoms with van der Waals surface area (Å²) in [5.74, 6) is 1.07. The highest BCUT2D eigenvalue weighted by atomic mass is 32.2. The van der Waals surface area contributed by atoms with Crippen LogP contribution in [0.25, 0.3) is 0 Å². The number of anilines is 1. The number of hydrogen-bond acceptors (Lipinski definition) is 7. The highest BCUT2D eigenvalue weighted by Gasteiger charge is 2.38. The Balaban J connectivity index is 1.77. The summed E-state index contributed by atoms with van der Waals surface area (Å²) >= 11 is 0. The first kappa shape index (κ1) is 25.5. The van der Waals surface area contributed by atoms with Gasteiger partial charge in [-0.3, -0.25) is 4.72 Å². The Morgan fingerprint density at radius 2 is 1.61 bits per heavy atom. The summed E-state index contributed by atoms with van der Waals surface area (Å²) in [6.07, 6.45) is 0.284. The first-order chi connectivity index (χ1) is 17.2. The summed E-state index contributed by atoms with van der Waals surface area (Å²) in [5.41, 5.74) is 2.23. The number of methoxy groups -OCH3 is 2. The van der Waals surface area contributed by atoms with Gasteiger partial charge in [0.15, 0.2) is 0 Å². The van der Waals surface area contributed by atoms with Gasteiger partial charge in [0.05, 0.1) is 36.6 Å². The molecule has 3 aromatic rings. The van der Waals surface area contributed by atoms with Crippen molar-refractivity contribution in [3.63, 3.8) is 0 Å². The molecule has 190 valence electrons. The van der Waals surface area contributed by atoms with E-state index in [0.29, 0.717) is 34.0 Å². The van der Waals surface area contributed by atoms with Crippen LogP contribution in [0.3, 0.4) is 0 Å². The van der Waals surface area contributed by atoms with Crippen LogP contribution in [0, 0.1) is 0 Å². The van der Waals surface area contributed by atoms with Crippen LogP contribution >= 0.6 is 0 Å². The standard InChI is InChI=1S/C25H27N3O6S2/c1-4-35(29,30)27-20-9-5-7-18(15-20)24-17-25(19-8-6-10-22(16-19)34-3)28(26-24)36(31,32)23-13-11-21(33-2)12-14-23/h5-16,25,27H,4,17H2,1-3H3/t25-/m1/s1. The lowest BCUT2D eigenvalue weighted by Gasteiger charge is -2.23. The van der Waals surface area contributed by atoms with Gasteiger partial charge in [0.25, 0.3) is 10.0 Å². The molecule has 1 heterocycles. The van der Waals surface area contributed by atoms with Gasteiger partial charge in [-0.15, -0.1) is 0 Å². The van der Waals surface area contributed by atoms with E-state index in [1.165, 1.54) is 19.2 Å². The molecule has 9 nitrogen and oxygen atoms in total. The molecule has 1 aliphatic rings. The predicted molar refractivity (Wildman–Crippen MR) is 138 cm³/mol. The summed E-state index contributed by atoms with van der Waals surface area (Å²) in [6, 6.07) is 19.4. The zero-order valence-corrected chi connectivity index (χ0v) is 21.7. The quantitative estimate of drug-likeness (QED) is 0.448. The minimum Gasteiger partial charge on any atom is -0.497 e. The maximum absolute atomic E-state index is 13.7. The van der Waals surface area contributed by atoms with Crippen LogP contribution in [0.2, 0.25) is 0 Å². The van der Waals surface area contributed by atoms with Crippen molar-refractivity contribution in [3.8, 4) is 11.5 Å². The third-order valence-electron chi connectivity index (χ3n) is 5.80. The molecule has 4 rings (SSSR count). The van der Waals surface area contributed by atoms with E-state index in [4.69, 9.17) is 9.47 Å². The van der Waals surface area contributed by atoms with E-state index >= 15 is 0 Å². The number of hydrogen-bond donors (Lipinski definition) is 1. The lowest BCUT2D eigenvalue weighted by Crippen LogP contribution is -2.27. The van der Waals surface area contributed by atoms with Crippen molar-refractivity contribution in [1.82, 2.24) is 4.41 Å². The summed E-state index contributed by atoms with van der Waals surface area (Å²) < 4.78 is 65.6. The van der Waals surface area contributed by atoms with E-state index in [0.717, 1.165) is 4.41 Å². The monoisotopic (exact) mass is 529 g/mol. The van der Waals surface area contributed by atoms with Crippen molar-refractivity contribution >= 4 is 31.4 Å². The van der Waals surface area contributed by atoms with Gasteiger partial charge in [-0.1, -0.05) is 24.3 Å². The molecule has 0 spiro atoms. The first-order valence-electron chi connectivity index (χ1n) is 11.2. The fourth-order valence-electron chi connectivity index (χ4n) is 3.85. The van der Waals surface area contributed by atoms with Crippen molar-refractivity contribution in [1.29, 1.82) is 0 Å². The lowest BCUT2D eigenvalue weighted by atomic mass is 9.99. The van der Waals surface area contributed by atoms with E-state index in [-0.39, 0.29) is 17.1 Å². The van der Waals surface area contributed by atoms with Gasteiger partial charge in [0.2, 0.25) is 10.0 Å². The van der Waals surface area contributed by atoms with Gasteiger partial charge in [-0.05, 0) is 66.6 Å². The van der Waals surface area contributed by atoms with Crippen LogP contribution < -0.4 is 14.2 Å². The molecular formula is C25H27N3O6S2. The molecule has 11 heteroatoms. The van der Waals surface area contributed by atoms with Gasteiger partial charge in [0.1, 0.15) is 11.5 Å². The van der Waals surface area contributed by atoms with Crippen molar-refractivity contribution < 1.29 is 26.3 Å². The smallest absolute Gasteiger partial charge is 0.279 e. The minimum absolute atomic E-state index is 0.0655. The van der Waals surface area contributed by atoms with Crippen LogP contribution in [-0.4, -0.2) is 46.9 Å². The van der Waals surface area contributed by atoms with Crippen LogP contribution in [0.4, 0.5) is 5.69 Å². The normalized spacial score (nSPS) is 15.9. The molecule has 1 aliphatic heterocycles. The maximum Gasteiger partial charge on any atom is 0.279 e. The number of nitrogens with zero attached hydrogens (tertiary/aromatic N) is 2. The number of ether oxygens (including phenoxy) is 2. The van der Waals surface area contributed by atoms with Gasteiger partial charge in [-0.2, -0.15) is 17.9 Å². The summed E-state index contributed by atoms with van der Waals surface area (Å²) in [5, 5.41) is 4.53. The van der Waals surface area contributed by atoms with Crippen molar-refractivity contribution in [3.05, 3.63) is 83.9 Å². The van der Waals surface area contributed by atoms with Crippen molar-refractivity contribution in [2.45, 2.75) is 24.3 Å². The van der Waals surface area contributed by atoms with E-state index in [9.17, 15) is 16.8 Å². The molecule has 0 fully saturated rings. The maximum atomic E-state index is 13.7. The van der Waals surface area contributed by atoms with Crippen LogP contribution in [0.5, 0.6) is 11.5 Å². The molecule has 0 aromatic heterocycles. The van der Waals surface area contributed by atoms with Gasteiger partial charge in [0, 0.05) is 12.1 Å². The molecule has 1 atom stereocenters. The minimum atomic E-state index is -4.03. The van der Waals surface area contributed by atoms with E-state index in [2.05, 4.69) is 9.82 Å². The lowest BCUT2D eigenvalue weighted by molar-refractivity contribution is 0.368. The van der Waals surface area contributed by atoms with Crippen LogP contribution in [0.1, 0.15) is 30.5 Å². The molecule has 0 amide bonds. The number of sulfonamides is 2. The third-order valence-corrected chi connectivity index (χ3v) is 8.81. The topological polar surface area (TPSA) is 114 Å². The molecule has 3 aromatic carbocycles. The average Bonchev–Trinajstić information content (AvgIpc) is 3.35. The Kier molecular flexibility index (Phi) is 7.23. The summed E-state index contributed by atoms with van der Waals surface area (Å²) in [6.45, 7) is 1.55. The Morgan fingerprint density at radius 1 is 0.917 bits per heavy atom. The molecule has 0 saturated carbocycles. The molecule has 1 N–H and O–H groups in total. The predicted octanol–water partition coefficient (Wildman–Crippen LogP) is 4.01. The Hall–Kier alpha value is -3.57. The van der Waals surface area contributed by atoms with Gasteiger partial charge in [-0.25, -0.2) is 8.42 Å². The molecule has 0 bridgehead atoms. The average molecular weight is 530 g/mol. The number of nitrogens with one attached hydrogen (secondary N) is 1. The zero-order valence-electron chi connectivity index (χ0n) is 20.1. The summed E-state index contributed by atoms with van der Waals surface area (Å²) in [7, 11) is -4.44. The fraction of sp³-hybridized carbons (Fsp3) is 0.240. The highest BCUT2D eigenvalue weighted by molar-refractivity contribution is 7.92. The van der Waals surface area contributed by atoms with Gasteiger partial charge >= 0.3 is 0 Å². The number of hydrazone groups is 1. The van der Waals surface area contributed by atoms with Crippen molar-refractivity contribution in [2.24, 2.45) is 5.10 Å². The second-order valence-electron chi connectivity index (χ2n) is 8.08. The highest BCUT2D eigenvalue weighted by Crippen LogP contribution is 2.38. The molecular weight excluding hydrogens is 502 g/mol. The van der Waals surface area contributed by atoms with Crippen LogP contribution in [0.15, 0.2) is 82.8 Å². The second-order valence-corrected chi connectivity index (χ2v) is 11.9. The molecule has 36 heavy (non-hydrogen) atoms. The molecule has 0 unspecified atom stereocenters. The molecule has 0 aliphatic carbocycles. The van der Waals surface area contributed by atoms with E-state index < -0.39 is 26.1 Å². The SMILES string of the molecule is CCS(=O)(=O)Nc1cccc(C2=NN(S(=O)(=O)c3ccc(OC)cc3)[C@@H](c3cccc(OC)c3)C2)c1. The van der Waals surface area contributed by atoms with E-state index in [1.807, 2.05) is 6.07 Å². The third kappa shape index (κ3) is 5.31. The fourth-order valence-corrected chi connectivity index (χ4v) is 5.92. The Labute approximate surface area is 211 Å². The summed E-state index contributed by atoms with van der Waals surface area (Å²) in [4.78, 5) is 0.0747. The zero-order chi connectivity index (χ0) is 25.9. The Morgan fingerprint density at radius 3 is 2.28 bits per heavy atom. The van der Waals surface area contributed by atoms with Crippen molar-refractivity contribution in [2.75, 3.05) is 24.7 Å². The number of benzene rings is 3. The Bertz CT molecular complexity index is 1490.